The number of rotatable bonds is 8. The number of hydrogen-bond donors (Lipinski definition) is 1. The van der Waals surface area contributed by atoms with Gasteiger partial charge in [-0.05, 0) is 31.0 Å². The molecule has 0 saturated heterocycles. The fourth-order valence-electron chi connectivity index (χ4n) is 3.15. The molecule has 1 aromatic carbocycles. The highest BCUT2D eigenvalue weighted by Gasteiger charge is 2.18. The molecule has 0 aliphatic carbocycles. The summed E-state index contributed by atoms with van der Waals surface area (Å²) in [5, 5.41) is 0. The van der Waals surface area contributed by atoms with Crippen molar-refractivity contribution in [3.8, 4) is 0 Å². The van der Waals surface area contributed by atoms with E-state index in [0.717, 1.165) is 16.9 Å². The maximum atomic E-state index is 12.5. The van der Waals surface area contributed by atoms with Gasteiger partial charge in [0.1, 0.15) is 11.3 Å². The number of fused-ring (bicyclic) bond motifs is 1. The fraction of sp³-hybridized carbons (Fsp3) is 0.368. The molecule has 3 aromatic rings. The molecule has 8 heteroatoms. The number of ether oxygens (including phenoxy) is 1. The molecule has 2 N–H and O–H groups in total. The van der Waals surface area contributed by atoms with Gasteiger partial charge in [-0.25, -0.2) is 18.4 Å². The maximum absolute atomic E-state index is 12.5. The first-order valence-corrected chi connectivity index (χ1v) is 10.5. The third-order valence-corrected chi connectivity index (χ3v) is 6.30. The predicted molar refractivity (Wildman–Crippen MR) is 105 cm³/mol. The summed E-state index contributed by atoms with van der Waals surface area (Å²) in [5.41, 5.74) is 8.52. The van der Waals surface area contributed by atoms with Crippen molar-refractivity contribution in [3.63, 3.8) is 0 Å². The first kappa shape index (κ1) is 19.3. The molecule has 2 heterocycles. The lowest BCUT2D eigenvalue weighted by Crippen LogP contribution is -2.12. The van der Waals surface area contributed by atoms with Gasteiger partial charge in [0.15, 0.2) is 15.7 Å². The monoisotopic (exact) mass is 388 g/mol. The Labute approximate surface area is 159 Å². The lowest BCUT2D eigenvalue weighted by molar-refractivity contribution is 0.199. The number of aryl methyl sites for hydroxylation is 2. The Balaban J connectivity index is 1.86. The van der Waals surface area contributed by atoms with Gasteiger partial charge in [-0.3, -0.25) is 0 Å². The molecule has 0 aliphatic heterocycles. The standard InChI is InChI=1S/C19H24N4O3S/c1-14-13-21-19(20)17-18(14)23(16(22-17)9-11-26-2)10-6-12-27(24,25)15-7-4-3-5-8-15/h3-5,7-8,13H,6,9-12H2,1-2H3,(H2,20,21). The van der Waals surface area contributed by atoms with Crippen LogP contribution in [0.3, 0.4) is 0 Å². The summed E-state index contributed by atoms with van der Waals surface area (Å²) in [6.45, 7) is 3.01. The van der Waals surface area contributed by atoms with Crippen LogP contribution in [0.5, 0.6) is 0 Å². The van der Waals surface area contributed by atoms with Gasteiger partial charge in [-0.15, -0.1) is 0 Å². The summed E-state index contributed by atoms with van der Waals surface area (Å²) in [4.78, 5) is 9.16. The smallest absolute Gasteiger partial charge is 0.178 e. The Bertz CT molecular complexity index is 1030. The minimum Gasteiger partial charge on any atom is -0.384 e. The van der Waals surface area contributed by atoms with Crippen molar-refractivity contribution in [2.45, 2.75) is 31.2 Å². The van der Waals surface area contributed by atoms with Gasteiger partial charge in [0.05, 0.1) is 22.8 Å². The third kappa shape index (κ3) is 4.12. The largest absolute Gasteiger partial charge is 0.384 e. The number of nitrogen functional groups attached to an aromatic ring is 1. The Morgan fingerprint density at radius 3 is 2.67 bits per heavy atom. The molecule has 0 aliphatic rings. The zero-order chi connectivity index (χ0) is 19.4. The number of sulfone groups is 1. The molecule has 7 nitrogen and oxygen atoms in total. The number of benzene rings is 1. The van der Waals surface area contributed by atoms with Crippen LogP contribution >= 0.6 is 0 Å². The van der Waals surface area contributed by atoms with Crippen molar-refractivity contribution in [2.75, 3.05) is 25.2 Å². The van der Waals surface area contributed by atoms with E-state index in [-0.39, 0.29) is 5.75 Å². The van der Waals surface area contributed by atoms with Crippen molar-refractivity contribution in [2.24, 2.45) is 0 Å². The molecule has 0 bridgehead atoms. The Morgan fingerprint density at radius 1 is 1.22 bits per heavy atom. The van der Waals surface area contributed by atoms with E-state index in [1.807, 2.05) is 11.5 Å². The van der Waals surface area contributed by atoms with E-state index in [0.29, 0.717) is 42.2 Å². The third-order valence-electron chi connectivity index (χ3n) is 4.49. The summed E-state index contributed by atoms with van der Waals surface area (Å²) in [6.07, 6.45) is 2.82. The second-order valence-corrected chi connectivity index (χ2v) is 8.54. The molecular formula is C19H24N4O3S. The van der Waals surface area contributed by atoms with Gasteiger partial charge in [0, 0.05) is 26.3 Å². The number of nitrogens with two attached hydrogens (primary N) is 1. The van der Waals surface area contributed by atoms with Crippen LogP contribution in [0.25, 0.3) is 11.0 Å². The van der Waals surface area contributed by atoms with E-state index in [2.05, 4.69) is 9.97 Å². The molecule has 0 spiro atoms. The van der Waals surface area contributed by atoms with Crippen LogP contribution in [0.4, 0.5) is 5.82 Å². The highest BCUT2D eigenvalue weighted by Crippen LogP contribution is 2.24. The number of hydrogen-bond acceptors (Lipinski definition) is 6. The first-order valence-electron chi connectivity index (χ1n) is 8.81. The highest BCUT2D eigenvalue weighted by atomic mass is 32.2. The lowest BCUT2D eigenvalue weighted by Gasteiger charge is -2.11. The van der Waals surface area contributed by atoms with Gasteiger partial charge in [-0.1, -0.05) is 18.2 Å². The van der Waals surface area contributed by atoms with Crippen molar-refractivity contribution in [3.05, 3.63) is 47.9 Å². The minimum absolute atomic E-state index is 0.0695. The van der Waals surface area contributed by atoms with Crippen molar-refractivity contribution in [1.82, 2.24) is 14.5 Å². The van der Waals surface area contributed by atoms with E-state index in [9.17, 15) is 8.42 Å². The maximum Gasteiger partial charge on any atom is 0.178 e. The van der Waals surface area contributed by atoms with Crippen LogP contribution in [0.2, 0.25) is 0 Å². The predicted octanol–water partition coefficient (Wildman–Crippen LogP) is 2.37. The zero-order valence-corrected chi connectivity index (χ0v) is 16.4. The van der Waals surface area contributed by atoms with E-state index < -0.39 is 9.84 Å². The topological polar surface area (TPSA) is 100 Å². The van der Waals surface area contributed by atoms with E-state index >= 15 is 0 Å². The molecule has 3 rings (SSSR count). The summed E-state index contributed by atoms with van der Waals surface area (Å²) in [7, 11) is -1.67. The Kier molecular flexibility index (Phi) is 5.76. The SMILES string of the molecule is COCCc1nc2c(N)ncc(C)c2n1CCCS(=O)(=O)c1ccccc1. The number of aromatic nitrogens is 3. The van der Waals surface area contributed by atoms with Crippen LogP contribution in [-0.2, 0) is 27.5 Å². The molecule has 144 valence electrons. The van der Waals surface area contributed by atoms with Crippen LogP contribution in [0.1, 0.15) is 17.8 Å². The van der Waals surface area contributed by atoms with Gasteiger partial charge < -0.3 is 15.0 Å². The minimum atomic E-state index is -3.31. The number of anilines is 1. The Morgan fingerprint density at radius 2 is 1.96 bits per heavy atom. The number of pyridine rings is 1. The van der Waals surface area contributed by atoms with Crippen molar-refractivity contribution >= 4 is 26.7 Å². The fourth-order valence-corrected chi connectivity index (χ4v) is 4.47. The zero-order valence-electron chi connectivity index (χ0n) is 15.6. The second-order valence-electron chi connectivity index (χ2n) is 6.43. The molecule has 0 radical (unpaired) electrons. The van der Waals surface area contributed by atoms with E-state index in [4.69, 9.17) is 10.5 Å². The van der Waals surface area contributed by atoms with E-state index in [1.165, 1.54) is 0 Å². The van der Waals surface area contributed by atoms with Crippen LogP contribution in [0.15, 0.2) is 41.4 Å². The van der Waals surface area contributed by atoms with Crippen LogP contribution < -0.4 is 5.73 Å². The second kappa shape index (κ2) is 8.06. The molecule has 0 fully saturated rings. The summed E-state index contributed by atoms with van der Waals surface area (Å²) >= 11 is 0. The average Bonchev–Trinajstić information content (AvgIpc) is 3.03. The van der Waals surface area contributed by atoms with Gasteiger partial charge in [0.25, 0.3) is 0 Å². The molecule has 0 saturated carbocycles. The quantitative estimate of drug-likeness (QED) is 0.636. The number of imidazole rings is 1. The summed E-state index contributed by atoms with van der Waals surface area (Å²) in [6, 6.07) is 8.53. The van der Waals surface area contributed by atoms with Gasteiger partial charge >= 0.3 is 0 Å². The van der Waals surface area contributed by atoms with Gasteiger partial charge in [0.2, 0.25) is 0 Å². The lowest BCUT2D eigenvalue weighted by atomic mass is 10.2. The normalized spacial score (nSPS) is 11.9. The van der Waals surface area contributed by atoms with Crippen LogP contribution in [0, 0.1) is 6.92 Å². The molecule has 27 heavy (non-hydrogen) atoms. The molecule has 2 aromatic heterocycles. The molecular weight excluding hydrogens is 364 g/mol. The highest BCUT2D eigenvalue weighted by molar-refractivity contribution is 7.91. The van der Waals surface area contributed by atoms with Crippen molar-refractivity contribution < 1.29 is 13.2 Å². The van der Waals surface area contributed by atoms with Crippen LogP contribution in [-0.4, -0.2) is 42.4 Å². The summed E-state index contributed by atoms with van der Waals surface area (Å²) in [5.74, 6) is 1.27. The average molecular weight is 388 g/mol. The molecule has 0 atom stereocenters. The molecule has 0 amide bonds. The van der Waals surface area contributed by atoms with Crippen molar-refractivity contribution in [1.29, 1.82) is 0 Å². The first-order chi connectivity index (χ1) is 12.9. The number of nitrogens with zero attached hydrogens (tertiary/aromatic N) is 3. The van der Waals surface area contributed by atoms with Gasteiger partial charge in [-0.2, -0.15) is 0 Å². The number of methoxy groups -OCH3 is 1. The van der Waals surface area contributed by atoms with E-state index in [1.54, 1.807) is 43.6 Å². The summed E-state index contributed by atoms with van der Waals surface area (Å²) < 4.78 is 32.3. The molecule has 0 unspecified atom stereocenters. The Hall–Kier alpha value is -2.45.